The standard InChI is InChI=1S/C11H12BrNO3/c12-8-2-1-3-9(4-8)13-11(14)7-16-10-5-15-6-10/h1-4,10H,5-7H2,(H,13,14). The minimum Gasteiger partial charge on any atom is -0.376 e. The predicted octanol–water partition coefficient (Wildman–Crippen LogP) is 1.80. The Morgan fingerprint density at radius 3 is 3.00 bits per heavy atom. The second kappa shape index (κ2) is 5.43. The van der Waals surface area contributed by atoms with Crippen LogP contribution in [0.5, 0.6) is 0 Å². The number of amides is 1. The van der Waals surface area contributed by atoms with E-state index in [1.54, 1.807) is 0 Å². The van der Waals surface area contributed by atoms with Crippen molar-refractivity contribution in [3.05, 3.63) is 28.7 Å². The summed E-state index contributed by atoms with van der Waals surface area (Å²) >= 11 is 3.34. The van der Waals surface area contributed by atoms with E-state index in [1.807, 2.05) is 24.3 Å². The Labute approximate surface area is 102 Å². The SMILES string of the molecule is O=C(COC1COC1)Nc1cccc(Br)c1. The summed E-state index contributed by atoms with van der Waals surface area (Å²) in [6.45, 7) is 1.24. The van der Waals surface area contributed by atoms with E-state index in [-0.39, 0.29) is 18.6 Å². The van der Waals surface area contributed by atoms with Crippen molar-refractivity contribution in [1.82, 2.24) is 0 Å². The third kappa shape index (κ3) is 3.30. The number of hydrogen-bond donors (Lipinski definition) is 1. The van der Waals surface area contributed by atoms with Crippen molar-refractivity contribution < 1.29 is 14.3 Å². The highest BCUT2D eigenvalue weighted by Gasteiger charge is 2.19. The van der Waals surface area contributed by atoms with Crippen LogP contribution in [0.2, 0.25) is 0 Å². The van der Waals surface area contributed by atoms with E-state index in [1.165, 1.54) is 0 Å². The number of halogens is 1. The maximum Gasteiger partial charge on any atom is 0.250 e. The first-order chi connectivity index (χ1) is 7.74. The van der Waals surface area contributed by atoms with Gasteiger partial charge in [-0.3, -0.25) is 4.79 Å². The van der Waals surface area contributed by atoms with Crippen LogP contribution in [0.15, 0.2) is 28.7 Å². The Hall–Kier alpha value is -0.910. The van der Waals surface area contributed by atoms with E-state index in [2.05, 4.69) is 21.2 Å². The van der Waals surface area contributed by atoms with Crippen LogP contribution in [-0.4, -0.2) is 31.8 Å². The Balaban J connectivity index is 1.77. The summed E-state index contributed by atoms with van der Waals surface area (Å²) in [7, 11) is 0. The fraction of sp³-hybridized carbons (Fsp3) is 0.364. The molecule has 4 nitrogen and oxygen atoms in total. The lowest BCUT2D eigenvalue weighted by atomic mass is 10.3. The molecule has 2 rings (SSSR count). The number of carbonyl (C=O) groups excluding carboxylic acids is 1. The van der Waals surface area contributed by atoms with Gasteiger partial charge in [0.25, 0.3) is 0 Å². The molecule has 1 aliphatic heterocycles. The van der Waals surface area contributed by atoms with Crippen molar-refractivity contribution in [3.63, 3.8) is 0 Å². The fourth-order valence-electron chi connectivity index (χ4n) is 1.27. The predicted molar refractivity (Wildman–Crippen MR) is 63.3 cm³/mol. The molecule has 0 saturated carbocycles. The lowest BCUT2D eigenvalue weighted by molar-refractivity contribution is -0.144. The van der Waals surface area contributed by atoms with E-state index in [4.69, 9.17) is 9.47 Å². The summed E-state index contributed by atoms with van der Waals surface area (Å²) in [4.78, 5) is 11.5. The van der Waals surface area contributed by atoms with Gasteiger partial charge in [-0.15, -0.1) is 0 Å². The molecule has 1 aliphatic rings. The maximum absolute atomic E-state index is 11.5. The molecule has 86 valence electrons. The first-order valence-electron chi connectivity index (χ1n) is 4.99. The molecule has 1 aromatic rings. The zero-order valence-electron chi connectivity index (χ0n) is 8.61. The van der Waals surface area contributed by atoms with Gasteiger partial charge in [-0.1, -0.05) is 22.0 Å². The molecule has 1 saturated heterocycles. The fourth-order valence-corrected chi connectivity index (χ4v) is 1.67. The summed E-state index contributed by atoms with van der Waals surface area (Å²) in [5.74, 6) is -0.148. The van der Waals surface area contributed by atoms with Gasteiger partial charge < -0.3 is 14.8 Å². The zero-order chi connectivity index (χ0) is 11.4. The van der Waals surface area contributed by atoms with Crippen molar-refractivity contribution in [2.75, 3.05) is 25.1 Å². The van der Waals surface area contributed by atoms with Crippen molar-refractivity contribution in [2.24, 2.45) is 0 Å². The van der Waals surface area contributed by atoms with Gasteiger partial charge in [0.05, 0.1) is 13.2 Å². The van der Waals surface area contributed by atoms with Crippen LogP contribution in [0.25, 0.3) is 0 Å². The molecular formula is C11H12BrNO3. The van der Waals surface area contributed by atoms with Crippen molar-refractivity contribution in [1.29, 1.82) is 0 Å². The van der Waals surface area contributed by atoms with Crippen LogP contribution in [0.4, 0.5) is 5.69 Å². The van der Waals surface area contributed by atoms with Gasteiger partial charge in [0.1, 0.15) is 12.7 Å². The monoisotopic (exact) mass is 285 g/mol. The quantitative estimate of drug-likeness (QED) is 0.918. The third-order valence-electron chi connectivity index (χ3n) is 2.17. The number of ether oxygens (including phenoxy) is 2. The molecule has 1 N–H and O–H groups in total. The van der Waals surface area contributed by atoms with Crippen LogP contribution < -0.4 is 5.32 Å². The summed E-state index contributed by atoms with van der Waals surface area (Å²) in [5.41, 5.74) is 0.757. The summed E-state index contributed by atoms with van der Waals surface area (Å²) in [6, 6.07) is 7.43. The van der Waals surface area contributed by atoms with Crippen molar-refractivity contribution in [3.8, 4) is 0 Å². The zero-order valence-corrected chi connectivity index (χ0v) is 10.2. The number of nitrogens with one attached hydrogen (secondary N) is 1. The van der Waals surface area contributed by atoms with Gasteiger partial charge in [0.2, 0.25) is 5.91 Å². The largest absolute Gasteiger partial charge is 0.376 e. The van der Waals surface area contributed by atoms with E-state index in [9.17, 15) is 4.79 Å². The minimum absolute atomic E-state index is 0.0700. The number of rotatable bonds is 4. The van der Waals surface area contributed by atoms with E-state index >= 15 is 0 Å². The van der Waals surface area contributed by atoms with Gasteiger partial charge in [0, 0.05) is 10.2 Å². The average Bonchev–Trinajstić information content (AvgIpc) is 2.15. The Morgan fingerprint density at radius 1 is 1.56 bits per heavy atom. The molecule has 0 unspecified atom stereocenters. The molecule has 0 atom stereocenters. The van der Waals surface area contributed by atoms with Crippen LogP contribution in [0.1, 0.15) is 0 Å². The summed E-state index contributed by atoms with van der Waals surface area (Å²) < 4.78 is 11.2. The molecule has 0 bridgehead atoms. The molecule has 0 aliphatic carbocycles. The van der Waals surface area contributed by atoms with Crippen molar-refractivity contribution in [2.45, 2.75) is 6.10 Å². The molecule has 1 fully saturated rings. The molecule has 16 heavy (non-hydrogen) atoms. The second-order valence-corrected chi connectivity index (χ2v) is 4.44. The molecule has 1 heterocycles. The highest BCUT2D eigenvalue weighted by molar-refractivity contribution is 9.10. The normalized spacial score (nSPS) is 15.6. The van der Waals surface area contributed by atoms with Gasteiger partial charge >= 0.3 is 0 Å². The second-order valence-electron chi connectivity index (χ2n) is 3.53. The van der Waals surface area contributed by atoms with Crippen LogP contribution in [0.3, 0.4) is 0 Å². The number of carbonyl (C=O) groups is 1. The Bertz CT molecular complexity index is 379. The van der Waals surface area contributed by atoms with Crippen LogP contribution >= 0.6 is 15.9 Å². The van der Waals surface area contributed by atoms with Crippen LogP contribution in [-0.2, 0) is 14.3 Å². The molecule has 5 heteroatoms. The molecular weight excluding hydrogens is 274 g/mol. The first kappa shape index (κ1) is 11.6. The third-order valence-corrected chi connectivity index (χ3v) is 2.66. The van der Waals surface area contributed by atoms with Gasteiger partial charge in [0.15, 0.2) is 0 Å². The number of hydrogen-bond acceptors (Lipinski definition) is 3. The first-order valence-corrected chi connectivity index (χ1v) is 5.78. The lowest BCUT2D eigenvalue weighted by Gasteiger charge is -2.25. The topological polar surface area (TPSA) is 47.6 Å². The van der Waals surface area contributed by atoms with E-state index in [0.29, 0.717) is 13.2 Å². The highest BCUT2D eigenvalue weighted by Crippen LogP contribution is 2.15. The average molecular weight is 286 g/mol. The minimum atomic E-state index is -0.148. The van der Waals surface area contributed by atoms with Gasteiger partial charge in [-0.2, -0.15) is 0 Å². The highest BCUT2D eigenvalue weighted by atomic mass is 79.9. The molecule has 0 aromatic heterocycles. The number of anilines is 1. The van der Waals surface area contributed by atoms with Crippen LogP contribution in [0, 0.1) is 0 Å². The Kier molecular flexibility index (Phi) is 3.93. The summed E-state index contributed by atoms with van der Waals surface area (Å²) in [5, 5.41) is 2.75. The molecule has 1 aromatic carbocycles. The smallest absolute Gasteiger partial charge is 0.250 e. The van der Waals surface area contributed by atoms with E-state index in [0.717, 1.165) is 10.2 Å². The maximum atomic E-state index is 11.5. The lowest BCUT2D eigenvalue weighted by Crippen LogP contribution is -2.38. The summed E-state index contributed by atoms with van der Waals surface area (Å²) in [6.07, 6.45) is 0.0771. The Morgan fingerprint density at radius 2 is 2.38 bits per heavy atom. The van der Waals surface area contributed by atoms with Gasteiger partial charge in [-0.25, -0.2) is 0 Å². The van der Waals surface area contributed by atoms with Gasteiger partial charge in [-0.05, 0) is 18.2 Å². The molecule has 0 radical (unpaired) electrons. The molecule has 1 amide bonds. The van der Waals surface area contributed by atoms with E-state index < -0.39 is 0 Å². The number of benzene rings is 1. The van der Waals surface area contributed by atoms with Crippen molar-refractivity contribution >= 4 is 27.5 Å². The molecule has 0 spiro atoms.